The Bertz CT molecular complexity index is 902. The zero-order chi connectivity index (χ0) is 20.4. The number of aldehydes is 1. The van der Waals surface area contributed by atoms with Crippen LogP contribution in [0.1, 0.15) is 67.2 Å². The molecule has 2 aromatic rings. The molecule has 3 unspecified atom stereocenters. The number of carbonyl (C=O) groups is 2. The SMILES string of the molecule is Cc1cc(-c2ccc(C(=O)C3CCCCC3C=O)c(F)c2)n(C2CCCCO2)n1. The lowest BCUT2D eigenvalue weighted by Gasteiger charge is -2.26. The van der Waals surface area contributed by atoms with Crippen molar-refractivity contribution in [3.05, 3.63) is 41.3 Å². The molecular formula is C23H27FN2O3. The lowest BCUT2D eigenvalue weighted by molar-refractivity contribution is -0.112. The predicted molar refractivity (Wildman–Crippen MR) is 107 cm³/mol. The summed E-state index contributed by atoms with van der Waals surface area (Å²) in [5.74, 6) is -1.52. The van der Waals surface area contributed by atoms with Gasteiger partial charge in [-0.2, -0.15) is 5.10 Å². The van der Waals surface area contributed by atoms with Crippen molar-refractivity contribution in [2.45, 2.75) is 58.1 Å². The van der Waals surface area contributed by atoms with Gasteiger partial charge in [0.15, 0.2) is 12.0 Å². The first kappa shape index (κ1) is 20.0. The second-order valence-electron chi connectivity index (χ2n) is 8.19. The van der Waals surface area contributed by atoms with E-state index in [9.17, 15) is 14.0 Å². The Kier molecular flexibility index (Phi) is 5.90. The number of aryl methyl sites for hydroxylation is 1. The van der Waals surface area contributed by atoms with Crippen LogP contribution in [0.5, 0.6) is 0 Å². The fourth-order valence-electron chi connectivity index (χ4n) is 4.59. The topological polar surface area (TPSA) is 61.2 Å². The van der Waals surface area contributed by atoms with E-state index in [1.807, 2.05) is 17.7 Å². The number of aromatic nitrogens is 2. The molecule has 2 fully saturated rings. The van der Waals surface area contributed by atoms with Crippen LogP contribution in [0, 0.1) is 24.6 Å². The fourth-order valence-corrected chi connectivity index (χ4v) is 4.59. The average molecular weight is 398 g/mol. The standard InChI is InChI=1S/C23H27FN2O3/c1-15-12-21(26(25-15)22-8-4-5-11-29-22)16-9-10-19(20(24)13-16)23(28)18-7-3-2-6-17(18)14-27/h9-10,12-14,17-18,22H,2-8,11H2,1H3. The van der Waals surface area contributed by atoms with Gasteiger partial charge < -0.3 is 9.53 Å². The molecule has 1 aromatic carbocycles. The lowest BCUT2D eigenvalue weighted by Crippen LogP contribution is -2.28. The highest BCUT2D eigenvalue weighted by Gasteiger charge is 2.32. The van der Waals surface area contributed by atoms with Gasteiger partial charge in [0, 0.05) is 24.0 Å². The third-order valence-electron chi connectivity index (χ3n) is 6.15. The summed E-state index contributed by atoms with van der Waals surface area (Å²) in [6.45, 7) is 2.60. The Morgan fingerprint density at radius 2 is 1.97 bits per heavy atom. The molecule has 5 nitrogen and oxygen atoms in total. The second-order valence-corrected chi connectivity index (χ2v) is 8.19. The summed E-state index contributed by atoms with van der Waals surface area (Å²) in [4.78, 5) is 24.3. The Morgan fingerprint density at radius 1 is 1.17 bits per heavy atom. The molecule has 0 amide bonds. The molecule has 2 aliphatic rings. The summed E-state index contributed by atoms with van der Waals surface area (Å²) in [6.07, 6.45) is 6.91. The van der Waals surface area contributed by atoms with Crippen molar-refractivity contribution in [1.29, 1.82) is 0 Å². The minimum absolute atomic E-state index is 0.0733. The van der Waals surface area contributed by atoms with E-state index in [2.05, 4.69) is 5.10 Å². The van der Waals surface area contributed by atoms with Crippen LogP contribution >= 0.6 is 0 Å². The van der Waals surface area contributed by atoms with E-state index in [1.165, 1.54) is 6.07 Å². The number of hydrogen-bond acceptors (Lipinski definition) is 4. The van der Waals surface area contributed by atoms with E-state index in [4.69, 9.17) is 4.74 Å². The highest BCUT2D eigenvalue weighted by atomic mass is 19.1. The van der Waals surface area contributed by atoms with Crippen molar-refractivity contribution in [2.75, 3.05) is 6.61 Å². The quantitative estimate of drug-likeness (QED) is 0.532. The first-order valence-electron chi connectivity index (χ1n) is 10.6. The van der Waals surface area contributed by atoms with Crippen LogP contribution < -0.4 is 0 Å². The van der Waals surface area contributed by atoms with E-state index in [-0.39, 0.29) is 23.5 Å². The maximum atomic E-state index is 15.0. The normalized spacial score (nSPS) is 25.0. The largest absolute Gasteiger partial charge is 0.356 e. The summed E-state index contributed by atoms with van der Waals surface area (Å²) < 4.78 is 22.7. The molecule has 154 valence electrons. The van der Waals surface area contributed by atoms with E-state index in [0.717, 1.165) is 49.8 Å². The Balaban J connectivity index is 1.63. The van der Waals surface area contributed by atoms with E-state index in [1.54, 1.807) is 12.1 Å². The minimum atomic E-state index is -0.544. The van der Waals surface area contributed by atoms with Gasteiger partial charge in [-0.15, -0.1) is 0 Å². The highest BCUT2D eigenvalue weighted by Crippen LogP contribution is 2.34. The summed E-state index contributed by atoms with van der Waals surface area (Å²) in [7, 11) is 0. The van der Waals surface area contributed by atoms with E-state index >= 15 is 0 Å². The molecule has 2 heterocycles. The molecule has 0 radical (unpaired) electrons. The fraction of sp³-hybridized carbons (Fsp3) is 0.522. The lowest BCUT2D eigenvalue weighted by atomic mass is 9.76. The maximum absolute atomic E-state index is 15.0. The van der Waals surface area contributed by atoms with Crippen molar-refractivity contribution in [3.8, 4) is 11.3 Å². The smallest absolute Gasteiger partial charge is 0.169 e. The van der Waals surface area contributed by atoms with Crippen LogP contribution in [0.25, 0.3) is 11.3 Å². The van der Waals surface area contributed by atoms with Crippen molar-refractivity contribution in [3.63, 3.8) is 0 Å². The maximum Gasteiger partial charge on any atom is 0.169 e. The summed E-state index contributed by atoms with van der Waals surface area (Å²) in [5, 5.41) is 4.56. The molecule has 3 atom stereocenters. The number of hydrogen-bond donors (Lipinski definition) is 0. The molecular weight excluding hydrogens is 371 g/mol. The van der Waals surface area contributed by atoms with E-state index < -0.39 is 11.7 Å². The number of ketones is 1. The molecule has 0 bridgehead atoms. The van der Waals surface area contributed by atoms with E-state index in [0.29, 0.717) is 25.0 Å². The van der Waals surface area contributed by atoms with Crippen LogP contribution in [0.2, 0.25) is 0 Å². The third-order valence-corrected chi connectivity index (χ3v) is 6.15. The molecule has 1 aromatic heterocycles. The van der Waals surface area contributed by atoms with Gasteiger partial charge in [-0.1, -0.05) is 18.9 Å². The minimum Gasteiger partial charge on any atom is -0.356 e. The number of rotatable bonds is 5. The molecule has 29 heavy (non-hydrogen) atoms. The van der Waals surface area contributed by atoms with Crippen molar-refractivity contribution >= 4 is 12.1 Å². The average Bonchev–Trinajstić information content (AvgIpc) is 3.15. The number of halogens is 1. The molecule has 1 saturated heterocycles. The molecule has 6 heteroatoms. The number of nitrogens with zero attached hydrogens (tertiary/aromatic N) is 2. The Labute approximate surface area is 170 Å². The summed E-state index contributed by atoms with van der Waals surface area (Å²) in [5.41, 5.74) is 2.37. The van der Waals surface area contributed by atoms with Gasteiger partial charge in [0.1, 0.15) is 12.1 Å². The summed E-state index contributed by atoms with van der Waals surface area (Å²) >= 11 is 0. The monoisotopic (exact) mass is 398 g/mol. The molecule has 1 aliphatic heterocycles. The van der Waals surface area contributed by atoms with Crippen LogP contribution in [-0.4, -0.2) is 28.5 Å². The third kappa shape index (κ3) is 4.04. The summed E-state index contributed by atoms with van der Waals surface area (Å²) in [6, 6.07) is 6.64. The number of carbonyl (C=O) groups excluding carboxylic acids is 2. The van der Waals surface area contributed by atoms with Crippen molar-refractivity contribution < 1.29 is 18.7 Å². The van der Waals surface area contributed by atoms with Crippen molar-refractivity contribution in [2.24, 2.45) is 11.8 Å². The van der Waals surface area contributed by atoms with Crippen LogP contribution in [0.3, 0.4) is 0 Å². The zero-order valence-corrected chi connectivity index (χ0v) is 16.8. The number of Topliss-reactive ketones (excluding diaryl/α,β-unsaturated/α-hetero) is 1. The van der Waals surface area contributed by atoms with Gasteiger partial charge >= 0.3 is 0 Å². The van der Waals surface area contributed by atoms with Gasteiger partial charge in [0.25, 0.3) is 0 Å². The van der Waals surface area contributed by atoms with Crippen LogP contribution in [0.15, 0.2) is 24.3 Å². The predicted octanol–water partition coefficient (Wildman–Crippen LogP) is 4.88. The molecule has 0 spiro atoms. The van der Waals surface area contributed by atoms with Crippen molar-refractivity contribution in [1.82, 2.24) is 9.78 Å². The molecule has 1 aliphatic carbocycles. The Morgan fingerprint density at radius 3 is 2.69 bits per heavy atom. The molecule has 1 saturated carbocycles. The second kappa shape index (κ2) is 8.57. The Hall–Kier alpha value is -2.34. The number of ether oxygens (including phenoxy) is 1. The molecule has 4 rings (SSSR count). The van der Waals surface area contributed by atoms with Crippen LogP contribution in [-0.2, 0) is 9.53 Å². The first-order valence-corrected chi connectivity index (χ1v) is 10.6. The van der Waals surface area contributed by atoms with Crippen LogP contribution in [0.4, 0.5) is 4.39 Å². The zero-order valence-electron chi connectivity index (χ0n) is 16.8. The first-order chi connectivity index (χ1) is 14.1. The van der Waals surface area contributed by atoms with Gasteiger partial charge in [0.05, 0.1) is 17.0 Å². The highest BCUT2D eigenvalue weighted by molar-refractivity contribution is 5.99. The number of benzene rings is 1. The van der Waals surface area contributed by atoms with Gasteiger partial charge in [-0.25, -0.2) is 9.07 Å². The van der Waals surface area contributed by atoms with Gasteiger partial charge in [-0.3, -0.25) is 4.79 Å². The van der Waals surface area contributed by atoms with Gasteiger partial charge in [-0.05, 0) is 57.2 Å². The molecule has 0 N–H and O–H groups in total. The van der Waals surface area contributed by atoms with Gasteiger partial charge in [0.2, 0.25) is 0 Å².